The largest absolute Gasteiger partial charge is 0.333 e. The molecule has 0 N–H and O–H groups in total. The molecule has 2 heterocycles. The summed E-state index contributed by atoms with van der Waals surface area (Å²) in [5.41, 5.74) is 0.757. The zero-order valence-corrected chi connectivity index (χ0v) is 12.3. The van der Waals surface area contributed by atoms with Crippen LogP contribution in [0.3, 0.4) is 0 Å². The molecule has 0 saturated heterocycles. The van der Waals surface area contributed by atoms with Crippen LogP contribution in [0.1, 0.15) is 51.0 Å². The first-order valence-electron chi connectivity index (χ1n) is 5.74. The van der Waals surface area contributed by atoms with E-state index in [1.807, 2.05) is 6.92 Å². The molecule has 0 aromatic carbocycles. The smallest absolute Gasteiger partial charge is 0.271 e. The highest BCUT2D eigenvalue weighted by Gasteiger charge is 2.27. The molecule has 0 amide bonds. The molecule has 2 rings (SSSR count). The van der Waals surface area contributed by atoms with Gasteiger partial charge < -0.3 is 4.52 Å². The lowest BCUT2D eigenvalue weighted by Crippen LogP contribution is -2.13. The third-order valence-corrected chi connectivity index (χ3v) is 3.69. The van der Waals surface area contributed by atoms with E-state index in [-0.39, 0.29) is 10.8 Å². The number of hydrogen-bond acceptors (Lipinski definition) is 6. The molecule has 0 bridgehead atoms. The van der Waals surface area contributed by atoms with Gasteiger partial charge in [0.1, 0.15) is 4.88 Å². The second-order valence-electron chi connectivity index (χ2n) is 5.03. The van der Waals surface area contributed by atoms with Crippen molar-refractivity contribution in [3.63, 3.8) is 0 Å². The van der Waals surface area contributed by atoms with Crippen LogP contribution in [0.5, 0.6) is 0 Å². The number of nitrogens with zero attached hydrogens (tertiary/aromatic N) is 4. The normalized spacial score (nSPS) is 13.8. The molecular weight excluding hydrogens is 272 g/mol. The molecule has 0 saturated carbocycles. The number of halogens is 1. The van der Waals surface area contributed by atoms with Gasteiger partial charge in [-0.3, -0.25) is 0 Å². The maximum absolute atomic E-state index is 6.08. The van der Waals surface area contributed by atoms with Gasteiger partial charge in [-0.25, -0.2) is 0 Å². The van der Waals surface area contributed by atoms with Crippen LogP contribution in [0, 0.1) is 0 Å². The lowest BCUT2D eigenvalue weighted by atomic mass is 9.91. The predicted octanol–water partition coefficient (Wildman–Crippen LogP) is 3.58. The second-order valence-corrected chi connectivity index (χ2v) is 6.32. The molecule has 1 unspecified atom stereocenters. The molecule has 5 nitrogen and oxygen atoms in total. The average molecular weight is 287 g/mol. The van der Waals surface area contributed by atoms with Gasteiger partial charge in [-0.05, 0) is 18.0 Å². The molecule has 0 spiro atoms. The van der Waals surface area contributed by atoms with Crippen molar-refractivity contribution in [2.75, 3.05) is 0 Å². The molecular formula is C11H15ClN4OS. The van der Waals surface area contributed by atoms with Crippen molar-refractivity contribution in [1.82, 2.24) is 19.7 Å². The Morgan fingerprint density at radius 1 is 1.39 bits per heavy atom. The van der Waals surface area contributed by atoms with Crippen molar-refractivity contribution in [1.29, 1.82) is 0 Å². The third kappa shape index (κ3) is 2.54. The Morgan fingerprint density at radius 2 is 2.11 bits per heavy atom. The Kier molecular flexibility index (Phi) is 3.68. The summed E-state index contributed by atoms with van der Waals surface area (Å²) < 4.78 is 9.22. The summed E-state index contributed by atoms with van der Waals surface area (Å²) in [6.45, 7) is 8.19. The highest BCUT2D eigenvalue weighted by Crippen LogP contribution is 2.34. The van der Waals surface area contributed by atoms with Crippen molar-refractivity contribution in [3.05, 3.63) is 11.5 Å². The van der Waals surface area contributed by atoms with Crippen LogP contribution in [0.4, 0.5) is 0 Å². The summed E-state index contributed by atoms with van der Waals surface area (Å²) in [5.74, 6) is 0.964. The van der Waals surface area contributed by atoms with Crippen molar-refractivity contribution in [3.8, 4) is 10.8 Å². The van der Waals surface area contributed by atoms with Crippen LogP contribution in [0.15, 0.2) is 4.52 Å². The SMILES string of the molecule is CCC(Cl)c1noc(-c2snnc2C(C)(C)C)n1. The Bertz CT molecular complexity index is 531. The van der Waals surface area contributed by atoms with E-state index in [1.165, 1.54) is 11.5 Å². The monoisotopic (exact) mass is 286 g/mol. The van der Waals surface area contributed by atoms with E-state index in [1.54, 1.807) is 0 Å². The van der Waals surface area contributed by atoms with Gasteiger partial charge in [-0.15, -0.1) is 16.7 Å². The van der Waals surface area contributed by atoms with Gasteiger partial charge in [-0.1, -0.05) is 37.3 Å². The molecule has 2 aromatic rings. The van der Waals surface area contributed by atoms with Crippen molar-refractivity contribution < 1.29 is 4.52 Å². The van der Waals surface area contributed by atoms with Crippen LogP contribution in [0.25, 0.3) is 10.8 Å². The molecule has 0 fully saturated rings. The molecule has 7 heteroatoms. The highest BCUT2D eigenvalue weighted by molar-refractivity contribution is 7.09. The minimum absolute atomic E-state index is 0.109. The van der Waals surface area contributed by atoms with Gasteiger partial charge in [0.25, 0.3) is 5.89 Å². The fourth-order valence-electron chi connectivity index (χ4n) is 1.46. The van der Waals surface area contributed by atoms with Crippen LogP contribution < -0.4 is 0 Å². The minimum atomic E-state index is -0.221. The van der Waals surface area contributed by atoms with E-state index < -0.39 is 0 Å². The summed E-state index contributed by atoms with van der Waals surface area (Å²) in [6, 6.07) is 0. The number of rotatable bonds is 3. The standard InChI is InChI=1S/C11H15ClN4OS/c1-5-6(12)9-13-10(17-15-9)7-8(11(2,3)4)14-16-18-7/h6H,5H2,1-4H3. The Hall–Kier alpha value is -1.01. The highest BCUT2D eigenvalue weighted by atomic mass is 35.5. The topological polar surface area (TPSA) is 64.7 Å². The van der Waals surface area contributed by atoms with Gasteiger partial charge in [0.15, 0.2) is 5.82 Å². The zero-order valence-electron chi connectivity index (χ0n) is 10.8. The first-order chi connectivity index (χ1) is 8.43. The summed E-state index contributed by atoms with van der Waals surface area (Å²) >= 11 is 7.34. The summed E-state index contributed by atoms with van der Waals surface area (Å²) in [6.07, 6.45) is 0.758. The van der Waals surface area contributed by atoms with Gasteiger partial charge in [-0.2, -0.15) is 4.98 Å². The van der Waals surface area contributed by atoms with Crippen LogP contribution in [-0.4, -0.2) is 19.7 Å². The first-order valence-corrected chi connectivity index (χ1v) is 6.95. The van der Waals surface area contributed by atoms with Gasteiger partial charge in [0.05, 0.1) is 11.1 Å². The van der Waals surface area contributed by atoms with Gasteiger partial charge in [0.2, 0.25) is 0 Å². The Labute approximate surface area is 115 Å². The fraction of sp³-hybridized carbons (Fsp3) is 0.636. The van der Waals surface area contributed by atoms with Crippen molar-refractivity contribution in [2.24, 2.45) is 0 Å². The van der Waals surface area contributed by atoms with E-state index in [2.05, 4.69) is 40.5 Å². The van der Waals surface area contributed by atoms with Gasteiger partial charge >= 0.3 is 0 Å². The summed E-state index contributed by atoms with van der Waals surface area (Å²) in [7, 11) is 0. The molecule has 1 atom stereocenters. The van der Waals surface area contributed by atoms with E-state index in [0.717, 1.165) is 17.0 Å². The minimum Gasteiger partial charge on any atom is -0.333 e. The molecule has 98 valence electrons. The summed E-state index contributed by atoms with van der Waals surface area (Å²) in [4.78, 5) is 5.14. The van der Waals surface area contributed by atoms with Crippen LogP contribution in [0.2, 0.25) is 0 Å². The maximum Gasteiger partial charge on any atom is 0.271 e. The molecule has 18 heavy (non-hydrogen) atoms. The fourth-order valence-corrected chi connectivity index (χ4v) is 2.35. The number of hydrogen-bond donors (Lipinski definition) is 0. The molecule has 0 aliphatic carbocycles. The molecule has 2 aromatic heterocycles. The maximum atomic E-state index is 6.08. The molecule has 0 aliphatic heterocycles. The Balaban J connectivity index is 2.38. The lowest BCUT2D eigenvalue weighted by Gasteiger charge is -2.14. The average Bonchev–Trinajstić information content (AvgIpc) is 2.94. The lowest BCUT2D eigenvalue weighted by molar-refractivity contribution is 0.420. The van der Waals surface area contributed by atoms with Crippen molar-refractivity contribution >= 4 is 23.1 Å². The predicted molar refractivity (Wildman–Crippen MR) is 70.8 cm³/mol. The third-order valence-electron chi connectivity index (χ3n) is 2.47. The molecule has 0 aliphatic rings. The zero-order chi connectivity index (χ0) is 13.3. The van der Waals surface area contributed by atoms with E-state index in [0.29, 0.717) is 11.7 Å². The Morgan fingerprint density at radius 3 is 2.72 bits per heavy atom. The number of aromatic nitrogens is 4. The molecule has 0 radical (unpaired) electrons. The first kappa shape index (κ1) is 13.4. The van der Waals surface area contributed by atoms with Gasteiger partial charge in [0, 0.05) is 5.41 Å². The number of alkyl halides is 1. The second kappa shape index (κ2) is 4.93. The van der Waals surface area contributed by atoms with E-state index >= 15 is 0 Å². The van der Waals surface area contributed by atoms with Crippen LogP contribution >= 0.6 is 23.1 Å². The van der Waals surface area contributed by atoms with E-state index in [9.17, 15) is 0 Å². The van der Waals surface area contributed by atoms with Crippen LogP contribution in [-0.2, 0) is 5.41 Å². The quantitative estimate of drug-likeness (QED) is 0.807. The van der Waals surface area contributed by atoms with E-state index in [4.69, 9.17) is 16.1 Å². The van der Waals surface area contributed by atoms with Crippen molar-refractivity contribution in [2.45, 2.75) is 44.9 Å². The summed E-state index contributed by atoms with van der Waals surface area (Å²) in [5, 5.41) is 7.82.